The van der Waals surface area contributed by atoms with Crippen LogP contribution in [-0.2, 0) is 17.1 Å². The Morgan fingerprint density at radius 1 is 1.17 bits per heavy atom. The lowest BCUT2D eigenvalue weighted by atomic mass is 9.97. The summed E-state index contributed by atoms with van der Waals surface area (Å²) in [5.41, 5.74) is -1.53. The van der Waals surface area contributed by atoms with Crippen LogP contribution < -0.4 is 14.4 Å². The first-order valence-electron chi connectivity index (χ1n) is 13.6. The second kappa shape index (κ2) is 9.99. The van der Waals surface area contributed by atoms with Crippen LogP contribution in [0.15, 0.2) is 29.3 Å². The van der Waals surface area contributed by atoms with Gasteiger partial charge in [0.05, 0.1) is 17.0 Å². The molecule has 1 aliphatic heterocycles. The van der Waals surface area contributed by atoms with Crippen LogP contribution in [0, 0.1) is 25.2 Å². The van der Waals surface area contributed by atoms with Gasteiger partial charge in [0.1, 0.15) is 22.7 Å². The molecule has 0 spiro atoms. The van der Waals surface area contributed by atoms with Crippen molar-refractivity contribution in [2.75, 3.05) is 18.1 Å². The molecule has 1 saturated heterocycles. The van der Waals surface area contributed by atoms with E-state index < -0.39 is 39.7 Å². The number of anilines is 1. The maximum absolute atomic E-state index is 13.5. The normalized spacial score (nSPS) is 19.6. The number of carbonyl (C=O) groups is 1. The fourth-order valence-corrected chi connectivity index (χ4v) is 7.07. The van der Waals surface area contributed by atoms with Gasteiger partial charge < -0.3 is 9.64 Å². The molecule has 15 heteroatoms. The number of alkyl halides is 3. The van der Waals surface area contributed by atoms with Crippen LogP contribution in [0.1, 0.15) is 61.8 Å². The van der Waals surface area contributed by atoms with Crippen LogP contribution in [0.3, 0.4) is 0 Å². The summed E-state index contributed by atoms with van der Waals surface area (Å²) >= 11 is 0. The van der Waals surface area contributed by atoms with Crippen molar-refractivity contribution >= 4 is 21.7 Å². The molecule has 4 heterocycles. The van der Waals surface area contributed by atoms with E-state index in [1.54, 1.807) is 20.9 Å². The number of halogens is 3. The van der Waals surface area contributed by atoms with E-state index >= 15 is 0 Å². The van der Waals surface area contributed by atoms with Gasteiger partial charge in [-0.05, 0) is 65.0 Å². The average molecular weight is 610 g/mol. The smallest absolute Gasteiger partial charge is 0.397 e. The monoisotopic (exact) mass is 609 g/mol. The minimum atomic E-state index is -4.34. The number of hydrogen-bond acceptors (Lipinski definition) is 8. The Morgan fingerprint density at radius 3 is 2.40 bits per heavy atom. The average Bonchev–Trinajstić information content (AvgIpc) is 3.33. The maximum Gasteiger partial charge on any atom is 0.397 e. The molecule has 1 atom stereocenters. The van der Waals surface area contributed by atoms with Gasteiger partial charge in [0.15, 0.2) is 5.82 Å². The van der Waals surface area contributed by atoms with Gasteiger partial charge in [-0.3, -0.25) is 9.48 Å². The lowest BCUT2D eigenvalue weighted by Gasteiger charge is -2.34. The Hall–Kier alpha value is -3.62. The maximum atomic E-state index is 13.5. The molecule has 0 aromatic carbocycles. The van der Waals surface area contributed by atoms with Crippen molar-refractivity contribution in [2.45, 2.75) is 70.5 Å². The van der Waals surface area contributed by atoms with Gasteiger partial charge in [-0.25, -0.2) is 22.8 Å². The minimum absolute atomic E-state index is 0.0131. The highest BCUT2D eigenvalue weighted by molar-refractivity contribution is 7.90. The van der Waals surface area contributed by atoms with E-state index in [1.807, 2.05) is 18.7 Å². The number of hydrogen-bond donors (Lipinski definition) is 1. The molecule has 2 aliphatic rings. The van der Waals surface area contributed by atoms with Gasteiger partial charge in [-0.1, -0.05) is 6.92 Å². The fraction of sp³-hybridized carbons (Fsp3) is 0.556. The number of pyridine rings is 1. The molecule has 0 radical (unpaired) electrons. The van der Waals surface area contributed by atoms with E-state index in [0.29, 0.717) is 12.2 Å². The van der Waals surface area contributed by atoms with Crippen molar-refractivity contribution in [3.8, 4) is 11.7 Å². The summed E-state index contributed by atoms with van der Waals surface area (Å²) < 4.78 is 76.8. The van der Waals surface area contributed by atoms with Crippen LogP contribution in [0.4, 0.5) is 19.0 Å². The number of nitrogens with zero attached hydrogens (tertiary/aromatic N) is 6. The molecular weight excluding hydrogens is 575 g/mol. The summed E-state index contributed by atoms with van der Waals surface area (Å²) in [5.74, 6) is -0.0157. The molecule has 42 heavy (non-hydrogen) atoms. The zero-order chi connectivity index (χ0) is 30.8. The summed E-state index contributed by atoms with van der Waals surface area (Å²) in [5, 5.41) is 8.39. The van der Waals surface area contributed by atoms with Crippen molar-refractivity contribution in [1.29, 1.82) is 0 Å². The number of aryl methyl sites for hydroxylation is 2. The zero-order valence-corrected chi connectivity index (χ0v) is 25.1. The van der Waals surface area contributed by atoms with E-state index in [2.05, 4.69) is 21.8 Å². The molecule has 1 N–H and O–H groups in total. The zero-order valence-electron chi connectivity index (χ0n) is 24.3. The fourth-order valence-electron chi connectivity index (χ4n) is 5.66. The van der Waals surface area contributed by atoms with E-state index in [-0.39, 0.29) is 52.4 Å². The first kappa shape index (κ1) is 29.9. The number of ether oxygens (including phenoxy) is 1. The third-order valence-electron chi connectivity index (χ3n) is 8.12. The number of rotatable bonds is 8. The lowest BCUT2D eigenvalue weighted by molar-refractivity contribution is -0.194. The van der Waals surface area contributed by atoms with Crippen LogP contribution in [0.25, 0.3) is 5.82 Å². The van der Waals surface area contributed by atoms with Crippen LogP contribution in [-0.4, -0.2) is 63.7 Å². The SMILES string of the molecule is Cc1nn(C)c(C)c1S(=O)(=O)NC(=O)c1ccc(-n2ccc(OCC3(C(F)(F)F)CC3)n2)nc1N1C[C@@H](C)CC1(C)C. The van der Waals surface area contributed by atoms with Gasteiger partial charge >= 0.3 is 6.18 Å². The van der Waals surface area contributed by atoms with E-state index in [4.69, 9.17) is 9.72 Å². The molecule has 0 bridgehead atoms. The summed E-state index contributed by atoms with van der Waals surface area (Å²) in [7, 11) is -2.64. The first-order valence-corrected chi connectivity index (χ1v) is 15.0. The van der Waals surface area contributed by atoms with Gasteiger partial charge in [0.25, 0.3) is 15.9 Å². The number of nitrogens with one attached hydrogen (secondary N) is 1. The first-order chi connectivity index (χ1) is 19.4. The van der Waals surface area contributed by atoms with Crippen molar-refractivity contribution in [2.24, 2.45) is 18.4 Å². The molecule has 3 aromatic heterocycles. The number of aromatic nitrogens is 5. The number of carbonyl (C=O) groups excluding carboxylic acids is 1. The standard InChI is InChI=1S/C27H34F3N7O4S/c1-16-13-25(4,5)36(14-16)23-19(24(38)34-42(39,40)22-17(2)32-35(6)18(22)3)7-8-20(31-23)37-12-9-21(33-37)41-15-26(10-11-26)27(28,29)30/h7-9,12,16H,10-11,13-15H2,1-6H3,(H,34,38)/t16-/m0/s1. The van der Waals surface area contributed by atoms with Crippen molar-refractivity contribution in [3.05, 3.63) is 41.3 Å². The van der Waals surface area contributed by atoms with Gasteiger partial charge in [-0.15, -0.1) is 5.10 Å². The molecule has 1 saturated carbocycles. The quantitative estimate of drug-likeness (QED) is 0.405. The predicted molar refractivity (Wildman–Crippen MR) is 147 cm³/mol. The summed E-state index contributed by atoms with van der Waals surface area (Å²) in [6.45, 7) is 9.32. The van der Waals surface area contributed by atoms with Crippen LogP contribution in [0.5, 0.6) is 5.88 Å². The highest BCUT2D eigenvalue weighted by atomic mass is 32.2. The largest absolute Gasteiger partial charge is 0.476 e. The molecule has 11 nitrogen and oxygen atoms in total. The molecule has 1 aliphatic carbocycles. The summed E-state index contributed by atoms with van der Waals surface area (Å²) in [4.78, 5) is 20.1. The third kappa shape index (κ3) is 5.34. The second-order valence-electron chi connectivity index (χ2n) is 12.0. The second-order valence-corrected chi connectivity index (χ2v) is 13.6. The van der Waals surface area contributed by atoms with Gasteiger partial charge in [-0.2, -0.15) is 18.3 Å². The Morgan fingerprint density at radius 2 is 1.86 bits per heavy atom. The molecule has 5 rings (SSSR count). The van der Waals surface area contributed by atoms with Crippen molar-refractivity contribution in [3.63, 3.8) is 0 Å². The van der Waals surface area contributed by atoms with Gasteiger partial charge in [0, 0.05) is 31.4 Å². The predicted octanol–water partition coefficient (Wildman–Crippen LogP) is 4.08. The summed E-state index contributed by atoms with van der Waals surface area (Å²) in [6, 6.07) is 4.41. The number of sulfonamides is 1. The molecule has 228 valence electrons. The molecular formula is C27H34F3N7O4S. The lowest BCUT2D eigenvalue weighted by Crippen LogP contribution is -2.41. The van der Waals surface area contributed by atoms with Gasteiger partial charge in [0.2, 0.25) is 5.88 Å². The van der Waals surface area contributed by atoms with E-state index in [1.165, 1.54) is 33.8 Å². The summed E-state index contributed by atoms with van der Waals surface area (Å²) in [6.07, 6.45) is -1.99. The van der Waals surface area contributed by atoms with E-state index in [9.17, 15) is 26.4 Å². The Balaban J connectivity index is 1.46. The highest BCUT2D eigenvalue weighted by Gasteiger charge is 2.64. The minimum Gasteiger partial charge on any atom is -0.476 e. The van der Waals surface area contributed by atoms with E-state index in [0.717, 1.165) is 6.42 Å². The molecule has 1 amide bonds. The Bertz CT molecular complexity index is 1640. The van der Waals surface area contributed by atoms with Crippen molar-refractivity contribution < 1.29 is 31.1 Å². The Kier molecular flexibility index (Phi) is 7.10. The highest BCUT2D eigenvalue weighted by Crippen LogP contribution is 2.57. The topological polar surface area (TPSA) is 124 Å². The number of amides is 1. The van der Waals surface area contributed by atoms with Crippen LogP contribution >= 0.6 is 0 Å². The Labute approximate surface area is 242 Å². The van der Waals surface area contributed by atoms with Crippen molar-refractivity contribution in [1.82, 2.24) is 29.3 Å². The third-order valence-corrected chi connectivity index (χ3v) is 9.71. The molecule has 3 aromatic rings. The van der Waals surface area contributed by atoms with Crippen LogP contribution in [0.2, 0.25) is 0 Å². The molecule has 0 unspecified atom stereocenters. The molecule has 2 fully saturated rings.